The molecule has 1 unspecified atom stereocenters. The fourth-order valence-electron chi connectivity index (χ4n) is 2.75. The zero-order chi connectivity index (χ0) is 14.2. The molecule has 1 saturated heterocycles. The van der Waals surface area contributed by atoms with E-state index >= 15 is 0 Å². The number of aliphatic hydroxyl groups is 1. The Morgan fingerprint density at radius 1 is 1.42 bits per heavy atom. The molecule has 0 aliphatic carbocycles. The zero-order valence-corrected chi connectivity index (χ0v) is 13.7. The second-order valence-corrected chi connectivity index (χ2v) is 6.95. The standard InChI is InChI=1S/C15H23BrN2O/c1-11-5-6-14(13(16)7-11)18-8-12(9-19)17(4)15(2,3)10-18/h5-7,12,19H,8-10H2,1-4H3. The highest BCUT2D eigenvalue weighted by molar-refractivity contribution is 9.10. The van der Waals surface area contributed by atoms with Crippen LogP contribution in [0.5, 0.6) is 0 Å². The average molecular weight is 327 g/mol. The summed E-state index contributed by atoms with van der Waals surface area (Å²) in [6, 6.07) is 6.63. The van der Waals surface area contributed by atoms with Gasteiger partial charge in [0.1, 0.15) is 0 Å². The van der Waals surface area contributed by atoms with E-state index in [1.54, 1.807) is 0 Å². The SMILES string of the molecule is Cc1ccc(N2CC(CO)N(C)C(C)(C)C2)c(Br)c1. The fourth-order valence-corrected chi connectivity index (χ4v) is 3.49. The second kappa shape index (κ2) is 5.43. The van der Waals surface area contributed by atoms with Crippen molar-refractivity contribution >= 4 is 21.6 Å². The molecule has 1 heterocycles. The topological polar surface area (TPSA) is 26.7 Å². The van der Waals surface area contributed by atoms with E-state index < -0.39 is 0 Å². The van der Waals surface area contributed by atoms with E-state index in [9.17, 15) is 5.11 Å². The van der Waals surface area contributed by atoms with Gasteiger partial charge in [0, 0.05) is 23.1 Å². The number of hydrogen-bond donors (Lipinski definition) is 1. The van der Waals surface area contributed by atoms with Crippen molar-refractivity contribution in [3.05, 3.63) is 28.2 Å². The van der Waals surface area contributed by atoms with Crippen LogP contribution >= 0.6 is 15.9 Å². The van der Waals surface area contributed by atoms with Gasteiger partial charge in [0.15, 0.2) is 0 Å². The van der Waals surface area contributed by atoms with Crippen molar-refractivity contribution in [2.75, 3.05) is 31.6 Å². The lowest BCUT2D eigenvalue weighted by molar-refractivity contribution is 0.0455. The highest BCUT2D eigenvalue weighted by Crippen LogP contribution is 2.32. The molecule has 0 amide bonds. The number of piperazine rings is 1. The Kier molecular flexibility index (Phi) is 4.23. The van der Waals surface area contributed by atoms with E-state index in [2.05, 4.69) is 71.7 Å². The lowest BCUT2D eigenvalue weighted by atomic mass is 9.95. The van der Waals surface area contributed by atoms with Gasteiger partial charge in [0.05, 0.1) is 18.3 Å². The fraction of sp³-hybridized carbons (Fsp3) is 0.600. The first-order valence-corrected chi connectivity index (χ1v) is 7.49. The lowest BCUT2D eigenvalue weighted by Gasteiger charge is -2.50. The van der Waals surface area contributed by atoms with Crippen LogP contribution in [-0.4, -0.2) is 48.3 Å². The summed E-state index contributed by atoms with van der Waals surface area (Å²) in [6.45, 7) is 8.56. The van der Waals surface area contributed by atoms with Crippen molar-refractivity contribution in [3.63, 3.8) is 0 Å². The van der Waals surface area contributed by atoms with Gasteiger partial charge in [-0.05, 0) is 61.4 Å². The van der Waals surface area contributed by atoms with Crippen molar-refractivity contribution in [2.24, 2.45) is 0 Å². The molecule has 0 aromatic heterocycles. The minimum absolute atomic E-state index is 0.0516. The minimum atomic E-state index is 0.0516. The smallest absolute Gasteiger partial charge is 0.0604 e. The summed E-state index contributed by atoms with van der Waals surface area (Å²) in [6.07, 6.45) is 0. The molecule has 1 aliphatic rings. The summed E-state index contributed by atoms with van der Waals surface area (Å²) < 4.78 is 1.13. The van der Waals surface area contributed by atoms with Crippen molar-refractivity contribution in [1.82, 2.24) is 4.90 Å². The van der Waals surface area contributed by atoms with Crippen LogP contribution in [0.4, 0.5) is 5.69 Å². The Hall–Kier alpha value is -0.580. The molecular formula is C15H23BrN2O. The Morgan fingerprint density at radius 3 is 2.68 bits per heavy atom. The van der Waals surface area contributed by atoms with E-state index in [4.69, 9.17) is 0 Å². The molecule has 1 aliphatic heterocycles. The van der Waals surface area contributed by atoms with Gasteiger partial charge < -0.3 is 10.0 Å². The van der Waals surface area contributed by atoms with Gasteiger partial charge in [-0.25, -0.2) is 0 Å². The maximum absolute atomic E-state index is 9.59. The van der Waals surface area contributed by atoms with Crippen molar-refractivity contribution in [2.45, 2.75) is 32.4 Å². The molecule has 2 rings (SSSR count). The Bertz CT molecular complexity index is 461. The number of nitrogens with zero attached hydrogens (tertiary/aromatic N) is 2. The molecule has 0 bridgehead atoms. The minimum Gasteiger partial charge on any atom is -0.395 e. The van der Waals surface area contributed by atoms with Gasteiger partial charge in [0.25, 0.3) is 0 Å². The van der Waals surface area contributed by atoms with Gasteiger partial charge in [-0.3, -0.25) is 4.90 Å². The van der Waals surface area contributed by atoms with Gasteiger partial charge in [-0.2, -0.15) is 0 Å². The van der Waals surface area contributed by atoms with E-state index in [1.165, 1.54) is 11.3 Å². The molecule has 0 spiro atoms. The van der Waals surface area contributed by atoms with E-state index in [-0.39, 0.29) is 18.2 Å². The predicted molar refractivity (Wildman–Crippen MR) is 83.8 cm³/mol. The van der Waals surface area contributed by atoms with E-state index in [0.717, 1.165) is 17.6 Å². The van der Waals surface area contributed by atoms with Gasteiger partial charge in [0.2, 0.25) is 0 Å². The molecule has 1 fully saturated rings. The van der Waals surface area contributed by atoms with Crippen LogP contribution in [0, 0.1) is 6.92 Å². The monoisotopic (exact) mass is 326 g/mol. The molecule has 19 heavy (non-hydrogen) atoms. The zero-order valence-electron chi connectivity index (χ0n) is 12.2. The normalized spacial score (nSPS) is 23.7. The molecule has 4 heteroatoms. The van der Waals surface area contributed by atoms with Crippen LogP contribution in [0.25, 0.3) is 0 Å². The van der Waals surface area contributed by atoms with Gasteiger partial charge in [-0.1, -0.05) is 6.07 Å². The number of benzene rings is 1. The first-order chi connectivity index (χ1) is 8.85. The number of rotatable bonds is 2. The number of hydrogen-bond acceptors (Lipinski definition) is 3. The third-order valence-electron chi connectivity index (χ3n) is 4.17. The summed E-state index contributed by atoms with van der Waals surface area (Å²) in [7, 11) is 2.10. The first-order valence-electron chi connectivity index (χ1n) is 6.70. The molecule has 0 radical (unpaired) electrons. The first kappa shape index (κ1) is 14.8. The lowest BCUT2D eigenvalue weighted by Crippen LogP contribution is -2.63. The maximum Gasteiger partial charge on any atom is 0.0604 e. The van der Waals surface area contributed by atoms with Crippen LogP contribution in [0.3, 0.4) is 0 Å². The molecule has 106 valence electrons. The van der Waals surface area contributed by atoms with Gasteiger partial charge >= 0.3 is 0 Å². The highest BCUT2D eigenvalue weighted by Gasteiger charge is 2.37. The van der Waals surface area contributed by atoms with E-state index in [1.807, 2.05) is 0 Å². The third kappa shape index (κ3) is 2.96. The second-order valence-electron chi connectivity index (χ2n) is 6.10. The number of aliphatic hydroxyl groups excluding tert-OH is 1. The van der Waals surface area contributed by atoms with Crippen LogP contribution in [0.1, 0.15) is 19.4 Å². The molecule has 3 nitrogen and oxygen atoms in total. The van der Waals surface area contributed by atoms with E-state index in [0.29, 0.717) is 0 Å². The summed E-state index contributed by atoms with van der Waals surface area (Å²) >= 11 is 3.66. The average Bonchev–Trinajstić information content (AvgIpc) is 2.32. The summed E-state index contributed by atoms with van der Waals surface area (Å²) in [5, 5.41) is 9.59. The number of aryl methyl sites for hydroxylation is 1. The Morgan fingerprint density at radius 2 is 2.11 bits per heavy atom. The van der Waals surface area contributed by atoms with Crippen LogP contribution in [0.15, 0.2) is 22.7 Å². The third-order valence-corrected chi connectivity index (χ3v) is 4.80. The molecule has 1 aromatic carbocycles. The van der Waals surface area contributed by atoms with Crippen molar-refractivity contribution < 1.29 is 5.11 Å². The van der Waals surface area contributed by atoms with Gasteiger partial charge in [-0.15, -0.1) is 0 Å². The van der Waals surface area contributed by atoms with Crippen LogP contribution in [-0.2, 0) is 0 Å². The Balaban J connectivity index is 2.30. The quantitative estimate of drug-likeness (QED) is 0.905. The summed E-state index contributed by atoms with van der Waals surface area (Å²) in [5.74, 6) is 0. The largest absolute Gasteiger partial charge is 0.395 e. The van der Waals surface area contributed by atoms with Crippen LogP contribution in [0.2, 0.25) is 0 Å². The Labute approximate surface area is 124 Å². The predicted octanol–water partition coefficient (Wildman–Crippen LogP) is 2.65. The maximum atomic E-state index is 9.59. The summed E-state index contributed by atoms with van der Waals surface area (Å²) in [4.78, 5) is 4.65. The van der Waals surface area contributed by atoms with Crippen molar-refractivity contribution in [3.8, 4) is 0 Å². The number of halogens is 1. The molecule has 0 saturated carbocycles. The van der Waals surface area contributed by atoms with Crippen molar-refractivity contribution in [1.29, 1.82) is 0 Å². The highest BCUT2D eigenvalue weighted by atomic mass is 79.9. The number of likely N-dealkylation sites (N-methyl/N-ethyl adjacent to an activating group) is 1. The number of anilines is 1. The molecular weight excluding hydrogens is 304 g/mol. The molecule has 1 N–H and O–H groups in total. The summed E-state index contributed by atoms with van der Waals surface area (Å²) in [5.41, 5.74) is 2.52. The molecule has 1 atom stereocenters. The van der Waals surface area contributed by atoms with Crippen LogP contribution < -0.4 is 4.90 Å². The molecule has 1 aromatic rings.